The molecule has 2 rings (SSSR count). The van der Waals surface area contributed by atoms with Gasteiger partial charge in [0.25, 0.3) is 0 Å². The number of Topliss-reactive ketones (excluding diaryl/α,β-unsaturated/α-hetero) is 1. The van der Waals surface area contributed by atoms with Crippen LogP contribution in [0, 0.1) is 5.92 Å². The molecule has 1 aliphatic heterocycles. The molecule has 0 aliphatic carbocycles. The van der Waals surface area contributed by atoms with E-state index in [1.807, 2.05) is 6.92 Å². The summed E-state index contributed by atoms with van der Waals surface area (Å²) in [7, 11) is 0. The second-order valence-corrected chi connectivity index (χ2v) is 4.50. The molecule has 94 valence electrons. The summed E-state index contributed by atoms with van der Waals surface area (Å²) in [5, 5.41) is 7.95. The first-order valence-electron chi connectivity index (χ1n) is 6.29. The van der Waals surface area contributed by atoms with Crippen molar-refractivity contribution in [1.29, 1.82) is 0 Å². The van der Waals surface area contributed by atoms with E-state index in [1.165, 1.54) is 0 Å². The van der Waals surface area contributed by atoms with Crippen molar-refractivity contribution in [3.8, 4) is 0 Å². The number of aryl methyl sites for hydroxylation is 1. The summed E-state index contributed by atoms with van der Waals surface area (Å²) in [5.74, 6) is 1.91. The number of piperidine rings is 1. The lowest BCUT2D eigenvalue weighted by molar-refractivity contribution is -0.126. The van der Waals surface area contributed by atoms with E-state index in [9.17, 15) is 4.79 Å². The van der Waals surface area contributed by atoms with Crippen molar-refractivity contribution in [3.63, 3.8) is 0 Å². The summed E-state index contributed by atoms with van der Waals surface area (Å²) >= 11 is 0. The smallest absolute Gasteiger partial charge is 0.230 e. The van der Waals surface area contributed by atoms with Gasteiger partial charge >= 0.3 is 0 Å². The summed E-state index contributed by atoms with van der Waals surface area (Å²) in [4.78, 5) is 13.8. The molecule has 1 atom stereocenters. The Labute approximate surface area is 101 Å². The third kappa shape index (κ3) is 2.91. The second-order valence-electron chi connectivity index (χ2n) is 4.50. The largest absolute Gasteiger partial charge is 0.424 e. The third-order valence-electron chi connectivity index (χ3n) is 3.27. The molecule has 0 saturated carbocycles. The van der Waals surface area contributed by atoms with Gasteiger partial charge in [-0.2, -0.15) is 0 Å². The van der Waals surface area contributed by atoms with Crippen molar-refractivity contribution < 1.29 is 9.21 Å². The molecule has 5 nitrogen and oxygen atoms in total. The summed E-state index contributed by atoms with van der Waals surface area (Å²) in [6.45, 7) is 6.34. The fraction of sp³-hybridized carbons (Fsp3) is 0.750. The molecule has 2 heterocycles. The van der Waals surface area contributed by atoms with Gasteiger partial charge < -0.3 is 4.42 Å². The van der Waals surface area contributed by atoms with E-state index in [1.54, 1.807) is 0 Å². The standard InChI is InChI=1S/C12H19N3O2/c1-3-9-7-15(6-5-10(9)16)8-12-14-13-11(4-2)17-12/h9H,3-8H2,1-2H3. The molecule has 1 aromatic rings. The van der Waals surface area contributed by atoms with Crippen LogP contribution in [0.3, 0.4) is 0 Å². The highest BCUT2D eigenvalue weighted by molar-refractivity contribution is 5.82. The molecule has 0 radical (unpaired) electrons. The number of rotatable bonds is 4. The molecule has 17 heavy (non-hydrogen) atoms. The van der Waals surface area contributed by atoms with E-state index in [4.69, 9.17) is 4.42 Å². The minimum absolute atomic E-state index is 0.178. The Kier molecular flexibility index (Phi) is 3.89. The van der Waals surface area contributed by atoms with Crippen molar-refractivity contribution in [2.75, 3.05) is 13.1 Å². The number of likely N-dealkylation sites (tertiary alicyclic amines) is 1. The molecule has 0 aromatic carbocycles. The molecule has 0 bridgehead atoms. The average molecular weight is 237 g/mol. The van der Waals surface area contributed by atoms with Gasteiger partial charge in [-0.1, -0.05) is 13.8 Å². The van der Waals surface area contributed by atoms with Gasteiger partial charge in [0.15, 0.2) is 0 Å². The Morgan fingerprint density at radius 2 is 2.12 bits per heavy atom. The topological polar surface area (TPSA) is 59.2 Å². The van der Waals surface area contributed by atoms with Crippen LogP contribution in [-0.2, 0) is 17.8 Å². The quantitative estimate of drug-likeness (QED) is 0.793. The highest BCUT2D eigenvalue weighted by Crippen LogP contribution is 2.17. The van der Waals surface area contributed by atoms with Crippen LogP contribution in [0.15, 0.2) is 4.42 Å². The van der Waals surface area contributed by atoms with Crippen LogP contribution in [-0.4, -0.2) is 34.0 Å². The zero-order valence-electron chi connectivity index (χ0n) is 10.5. The molecule has 5 heteroatoms. The Hall–Kier alpha value is -1.23. The molecule has 0 N–H and O–H groups in total. The maximum absolute atomic E-state index is 11.6. The fourth-order valence-electron chi connectivity index (χ4n) is 2.16. The van der Waals surface area contributed by atoms with Gasteiger partial charge in [0.1, 0.15) is 5.78 Å². The number of carbonyl (C=O) groups excluding carboxylic acids is 1. The number of aromatic nitrogens is 2. The molecule has 1 fully saturated rings. The van der Waals surface area contributed by atoms with Gasteiger partial charge in [-0.05, 0) is 6.42 Å². The first-order valence-corrected chi connectivity index (χ1v) is 6.29. The first-order chi connectivity index (χ1) is 8.22. The summed E-state index contributed by atoms with van der Waals surface area (Å²) in [6, 6.07) is 0. The van der Waals surface area contributed by atoms with Crippen LogP contribution in [0.25, 0.3) is 0 Å². The number of nitrogens with zero attached hydrogens (tertiary/aromatic N) is 3. The van der Waals surface area contributed by atoms with Crippen molar-refractivity contribution >= 4 is 5.78 Å². The van der Waals surface area contributed by atoms with Crippen molar-refractivity contribution in [3.05, 3.63) is 11.8 Å². The van der Waals surface area contributed by atoms with Crippen LogP contribution in [0.2, 0.25) is 0 Å². The van der Waals surface area contributed by atoms with E-state index >= 15 is 0 Å². The molecule has 1 aliphatic rings. The van der Waals surface area contributed by atoms with Gasteiger partial charge in [-0.25, -0.2) is 0 Å². The van der Waals surface area contributed by atoms with Crippen molar-refractivity contribution in [2.45, 2.75) is 39.7 Å². The van der Waals surface area contributed by atoms with Gasteiger partial charge in [-0.15, -0.1) is 10.2 Å². The number of hydrogen-bond donors (Lipinski definition) is 0. The first kappa shape index (κ1) is 12.2. The Balaban J connectivity index is 1.93. The van der Waals surface area contributed by atoms with E-state index in [0.29, 0.717) is 30.5 Å². The zero-order valence-corrected chi connectivity index (χ0v) is 10.5. The lowest BCUT2D eigenvalue weighted by Crippen LogP contribution is -2.40. The predicted octanol–water partition coefficient (Wildman–Crippen LogP) is 1.43. The summed E-state index contributed by atoms with van der Waals surface area (Å²) in [5.41, 5.74) is 0. The highest BCUT2D eigenvalue weighted by atomic mass is 16.4. The summed E-state index contributed by atoms with van der Waals surface area (Å²) < 4.78 is 5.48. The maximum Gasteiger partial charge on any atom is 0.230 e. The lowest BCUT2D eigenvalue weighted by Gasteiger charge is -2.29. The molecule has 0 spiro atoms. The lowest BCUT2D eigenvalue weighted by atomic mass is 9.94. The number of carbonyl (C=O) groups is 1. The highest BCUT2D eigenvalue weighted by Gasteiger charge is 2.26. The second kappa shape index (κ2) is 5.40. The predicted molar refractivity (Wildman–Crippen MR) is 62.4 cm³/mol. The van der Waals surface area contributed by atoms with Crippen molar-refractivity contribution in [1.82, 2.24) is 15.1 Å². The van der Waals surface area contributed by atoms with Crippen LogP contribution in [0.5, 0.6) is 0 Å². The fourth-order valence-corrected chi connectivity index (χ4v) is 2.16. The van der Waals surface area contributed by atoms with Crippen molar-refractivity contribution in [2.24, 2.45) is 5.92 Å². The monoisotopic (exact) mass is 237 g/mol. The van der Waals surface area contributed by atoms with E-state index in [2.05, 4.69) is 22.0 Å². The Morgan fingerprint density at radius 3 is 2.76 bits per heavy atom. The normalized spacial score (nSPS) is 22.0. The molecular weight excluding hydrogens is 218 g/mol. The van der Waals surface area contributed by atoms with Crippen LogP contribution >= 0.6 is 0 Å². The zero-order chi connectivity index (χ0) is 12.3. The van der Waals surface area contributed by atoms with Crippen LogP contribution < -0.4 is 0 Å². The number of hydrogen-bond acceptors (Lipinski definition) is 5. The van der Waals surface area contributed by atoms with E-state index < -0.39 is 0 Å². The van der Waals surface area contributed by atoms with E-state index in [0.717, 1.165) is 25.9 Å². The molecule has 1 saturated heterocycles. The van der Waals surface area contributed by atoms with Gasteiger partial charge in [0.2, 0.25) is 11.8 Å². The number of ketones is 1. The SMILES string of the molecule is CCc1nnc(CN2CCC(=O)C(CC)C2)o1. The minimum atomic E-state index is 0.178. The minimum Gasteiger partial charge on any atom is -0.424 e. The average Bonchev–Trinajstić information content (AvgIpc) is 2.79. The third-order valence-corrected chi connectivity index (χ3v) is 3.27. The molecule has 1 unspecified atom stereocenters. The van der Waals surface area contributed by atoms with Gasteiger partial charge in [-0.3, -0.25) is 9.69 Å². The summed E-state index contributed by atoms with van der Waals surface area (Å²) in [6.07, 6.45) is 2.33. The van der Waals surface area contributed by atoms with Gasteiger partial charge in [0, 0.05) is 31.8 Å². The van der Waals surface area contributed by atoms with E-state index in [-0.39, 0.29) is 5.92 Å². The van der Waals surface area contributed by atoms with Crippen LogP contribution in [0.4, 0.5) is 0 Å². The molecule has 0 amide bonds. The van der Waals surface area contributed by atoms with Crippen LogP contribution in [0.1, 0.15) is 38.5 Å². The Morgan fingerprint density at radius 1 is 1.35 bits per heavy atom. The maximum atomic E-state index is 11.6. The van der Waals surface area contributed by atoms with Gasteiger partial charge in [0.05, 0.1) is 6.54 Å². The Bertz CT molecular complexity index is 389. The molecular formula is C12H19N3O2. The molecule has 1 aromatic heterocycles.